The fraction of sp³-hybridized carbons (Fsp3) is 0.545. The minimum absolute atomic E-state index is 0.0657. The number of ether oxygens (including phenoxy) is 2. The fourth-order valence-electron chi connectivity index (χ4n) is 2.77. The molecule has 0 radical (unpaired) electrons. The minimum Gasteiger partial charge on any atom is -0.444 e. The molecule has 2 aromatic rings. The molecule has 194 valence electrons. The van der Waals surface area contributed by atoms with Gasteiger partial charge in [0.05, 0.1) is 22.6 Å². The number of carbonyl (C=O) groups is 2. The molecule has 2 heterocycles. The van der Waals surface area contributed by atoms with E-state index in [0.29, 0.717) is 14.5 Å². The summed E-state index contributed by atoms with van der Waals surface area (Å²) in [5.74, 6) is 0. The number of alkyl carbamates (subject to hydrolysis) is 1. The molecule has 0 aliphatic heterocycles. The van der Waals surface area contributed by atoms with E-state index in [4.69, 9.17) is 9.47 Å². The molecule has 0 aromatic carbocycles. The molecule has 0 saturated carbocycles. The zero-order chi connectivity index (χ0) is 26.6. The number of nitrogens with zero attached hydrogens (tertiary/aromatic N) is 3. The number of anilines is 1. The maximum Gasteiger partial charge on any atom is 0.433 e. The van der Waals surface area contributed by atoms with Crippen LogP contribution in [0.1, 0.15) is 52.8 Å². The second-order valence-corrected chi connectivity index (χ2v) is 12.0. The van der Waals surface area contributed by atoms with Crippen molar-refractivity contribution in [2.24, 2.45) is 0 Å². The van der Waals surface area contributed by atoms with Gasteiger partial charge in [0.15, 0.2) is 5.13 Å². The van der Waals surface area contributed by atoms with Crippen LogP contribution in [-0.4, -0.2) is 45.9 Å². The predicted molar refractivity (Wildman–Crippen MR) is 129 cm³/mol. The highest BCUT2D eigenvalue weighted by atomic mass is 79.9. The summed E-state index contributed by atoms with van der Waals surface area (Å²) in [7, 11) is 0. The van der Waals surface area contributed by atoms with Crippen molar-refractivity contribution in [3.05, 3.63) is 39.6 Å². The summed E-state index contributed by atoms with van der Waals surface area (Å²) in [5.41, 5.74) is -2.19. The molecule has 2 rings (SSSR count). The van der Waals surface area contributed by atoms with Gasteiger partial charge >= 0.3 is 18.4 Å². The van der Waals surface area contributed by atoms with Crippen molar-refractivity contribution in [3.8, 4) is 0 Å². The number of rotatable bonds is 6. The monoisotopic (exact) mass is 580 g/mol. The molecule has 1 N–H and O–H groups in total. The lowest BCUT2D eigenvalue weighted by molar-refractivity contribution is -0.141. The summed E-state index contributed by atoms with van der Waals surface area (Å²) in [5, 5.41) is 3.01. The molecule has 0 aliphatic rings. The van der Waals surface area contributed by atoms with Crippen molar-refractivity contribution < 1.29 is 32.2 Å². The summed E-state index contributed by atoms with van der Waals surface area (Å²) in [6, 6.07) is 1.37. The van der Waals surface area contributed by atoms with Crippen molar-refractivity contribution in [1.82, 2.24) is 15.3 Å². The summed E-state index contributed by atoms with van der Waals surface area (Å²) >= 11 is 4.50. The molecule has 0 saturated heterocycles. The topological polar surface area (TPSA) is 93.7 Å². The number of pyridine rings is 1. The largest absolute Gasteiger partial charge is 0.444 e. The van der Waals surface area contributed by atoms with E-state index in [2.05, 4.69) is 31.2 Å². The molecule has 2 aromatic heterocycles. The lowest BCUT2D eigenvalue weighted by Crippen LogP contribution is -2.49. The first-order chi connectivity index (χ1) is 15.9. The Balaban J connectivity index is 2.34. The van der Waals surface area contributed by atoms with Gasteiger partial charge in [0, 0.05) is 6.20 Å². The maximum atomic E-state index is 13.0. The third kappa shape index (κ3) is 10.0. The molecular weight excluding hydrogens is 553 g/mol. The quantitative estimate of drug-likeness (QED) is 0.437. The number of alkyl halides is 3. The van der Waals surface area contributed by atoms with Gasteiger partial charge in [-0.05, 0) is 75.5 Å². The van der Waals surface area contributed by atoms with Gasteiger partial charge in [-0.1, -0.05) is 17.4 Å². The lowest BCUT2D eigenvalue weighted by Gasteiger charge is -2.30. The highest BCUT2D eigenvalue weighted by Gasteiger charge is 2.33. The van der Waals surface area contributed by atoms with Crippen molar-refractivity contribution in [2.75, 3.05) is 11.4 Å². The van der Waals surface area contributed by atoms with E-state index in [1.165, 1.54) is 28.5 Å². The van der Waals surface area contributed by atoms with Crippen LogP contribution in [0.15, 0.2) is 28.3 Å². The Labute approximate surface area is 214 Å². The zero-order valence-electron chi connectivity index (χ0n) is 20.2. The molecule has 0 spiro atoms. The SMILES string of the molecule is CC(C)(C)OC(=O)NC(Cc1ccc(C(F)(F)F)nc1)CN(C(=O)OC(C)(C)C)c1ncc(Br)s1. The molecule has 0 aliphatic carbocycles. The van der Waals surface area contributed by atoms with Crippen LogP contribution in [0.3, 0.4) is 0 Å². The Bertz CT molecular complexity index is 1020. The fourth-order valence-corrected chi connectivity index (χ4v) is 3.95. The number of aromatic nitrogens is 2. The van der Waals surface area contributed by atoms with Gasteiger partial charge in [-0.15, -0.1) is 0 Å². The Morgan fingerprint density at radius 2 is 1.69 bits per heavy atom. The van der Waals surface area contributed by atoms with Crippen LogP contribution in [0.25, 0.3) is 0 Å². The molecule has 2 amide bonds. The minimum atomic E-state index is -4.57. The molecule has 0 bridgehead atoms. The van der Waals surface area contributed by atoms with Gasteiger partial charge in [-0.25, -0.2) is 14.6 Å². The van der Waals surface area contributed by atoms with Crippen molar-refractivity contribution in [2.45, 2.75) is 71.4 Å². The van der Waals surface area contributed by atoms with Gasteiger partial charge in [-0.3, -0.25) is 9.88 Å². The Morgan fingerprint density at radius 1 is 1.06 bits per heavy atom. The lowest BCUT2D eigenvalue weighted by atomic mass is 10.1. The first-order valence-corrected chi connectivity index (χ1v) is 12.2. The molecule has 1 unspecified atom stereocenters. The average Bonchev–Trinajstić information content (AvgIpc) is 3.08. The van der Waals surface area contributed by atoms with E-state index in [-0.39, 0.29) is 13.0 Å². The Hall–Kier alpha value is -2.41. The predicted octanol–water partition coefficient (Wildman–Crippen LogP) is 6.20. The number of halogens is 4. The Morgan fingerprint density at radius 3 is 2.14 bits per heavy atom. The first kappa shape index (κ1) is 28.8. The summed E-state index contributed by atoms with van der Waals surface area (Å²) in [6.07, 6.45) is -3.33. The van der Waals surface area contributed by atoms with E-state index in [1.54, 1.807) is 41.5 Å². The summed E-state index contributed by atoms with van der Waals surface area (Å²) in [6.45, 7) is 10.1. The van der Waals surface area contributed by atoms with Crippen molar-refractivity contribution in [1.29, 1.82) is 0 Å². The zero-order valence-corrected chi connectivity index (χ0v) is 22.6. The Kier molecular flexibility index (Phi) is 9.15. The van der Waals surface area contributed by atoms with Crippen LogP contribution in [0.5, 0.6) is 0 Å². The standard InChI is InChI=1S/C22H28BrF3N4O4S/c1-20(2,3)33-18(31)29-14(9-13-7-8-15(27-10-13)22(24,25)26)12-30(17-28-11-16(23)35-17)19(32)34-21(4,5)6/h7-8,10-11,14H,9,12H2,1-6H3,(H,29,31). The van der Waals surface area contributed by atoms with E-state index in [9.17, 15) is 22.8 Å². The number of carbonyl (C=O) groups excluding carboxylic acids is 2. The number of nitrogens with one attached hydrogen (secondary N) is 1. The number of hydrogen-bond acceptors (Lipinski definition) is 7. The van der Waals surface area contributed by atoms with E-state index >= 15 is 0 Å². The molecule has 1 atom stereocenters. The summed E-state index contributed by atoms with van der Waals surface area (Å²) in [4.78, 5) is 34.5. The highest BCUT2D eigenvalue weighted by Crippen LogP contribution is 2.29. The van der Waals surface area contributed by atoms with Gasteiger partial charge < -0.3 is 14.8 Å². The molecule has 8 nitrogen and oxygen atoms in total. The first-order valence-electron chi connectivity index (χ1n) is 10.6. The average molecular weight is 581 g/mol. The second kappa shape index (κ2) is 11.1. The number of thiazole rings is 1. The van der Waals surface area contributed by atoms with Crippen LogP contribution in [0.4, 0.5) is 27.9 Å². The third-order valence-electron chi connectivity index (χ3n) is 4.03. The van der Waals surface area contributed by atoms with Crippen LogP contribution in [0.2, 0.25) is 0 Å². The van der Waals surface area contributed by atoms with Crippen LogP contribution >= 0.6 is 27.3 Å². The van der Waals surface area contributed by atoms with Gasteiger partial charge in [0.2, 0.25) is 0 Å². The van der Waals surface area contributed by atoms with Gasteiger partial charge in [-0.2, -0.15) is 13.2 Å². The number of amides is 2. The normalized spacial score (nSPS) is 13.2. The van der Waals surface area contributed by atoms with Crippen molar-refractivity contribution in [3.63, 3.8) is 0 Å². The van der Waals surface area contributed by atoms with E-state index in [1.807, 2.05) is 0 Å². The van der Waals surface area contributed by atoms with Crippen molar-refractivity contribution >= 4 is 44.6 Å². The van der Waals surface area contributed by atoms with Crippen LogP contribution in [-0.2, 0) is 22.1 Å². The van der Waals surface area contributed by atoms with E-state index < -0.39 is 41.3 Å². The van der Waals surface area contributed by atoms with Gasteiger partial charge in [0.1, 0.15) is 16.9 Å². The van der Waals surface area contributed by atoms with Gasteiger partial charge in [0.25, 0.3) is 0 Å². The number of hydrogen-bond donors (Lipinski definition) is 1. The maximum absolute atomic E-state index is 13.0. The van der Waals surface area contributed by atoms with E-state index in [0.717, 1.165) is 12.3 Å². The molecular formula is C22H28BrF3N4O4S. The smallest absolute Gasteiger partial charge is 0.433 e. The highest BCUT2D eigenvalue weighted by molar-refractivity contribution is 9.11. The van der Waals surface area contributed by atoms with Crippen LogP contribution in [0, 0.1) is 0 Å². The molecule has 0 fully saturated rings. The second-order valence-electron chi connectivity index (χ2n) is 9.63. The molecule has 13 heteroatoms. The third-order valence-corrected chi connectivity index (χ3v) is 5.53. The van der Waals surface area contributed by atoms with Crippen LogP contribution < -0.4 is 10.2 Å². The summed E-state index contributed by atoms with van der Waals surface area (Å²) < 4.78 is 50.2. The molecule has 35 heavy (non-hydrogen) atoms.